The van der Waals surface area contributed by atoms with Crippen LogP contribution in [0.3, 0.4) is 0 Å². The second-order valence-electron chi connectivity index (χ2n) is 4.22. The third kappa shape index (κ3) is 1.43. The molecule has 0 saturated heterocycles. The van der Waals surface area contributed by atoms with Crippen molar-refractivity contribution in [3.05, 3.63) is 42.0 Å². The van der Waals surface area contributed by atoms with Crippen molar-refractivity contribution in [3.8, 4) is 5.75 Å². The van der Waals surface area contributed by atoms with E-state index in [1.165, 1.54) is 5.56 Å². The summed E-state index contributed by atoms with van der Waals surface area (Å²) in [6.45, 7) is 8.15. The van der Waals surface area contributed by atoms with Gasteiger partial charge in [0.05, 0.1) is 0 Å². The number of fused-ring (bicyclic) bond motifs is 1. The Morgan fingerprint density at radius 3 is 2.86 bits per heavy atom. The van der Waals surface area contributed by atoms with Crippen molar-refractivity contribution < 1.29 is 4.74 Å². The van der Waals surface area contributed by atoms with Gasteiger partial charge in [-0.05, 0) is 43.9 Å². The molecule has 0 aromatic heterocycles. The number of para-hydroxylation sites is 1. The fourth-order valence-corrected chi connectivity index (χ4v) is 1.78. The van der Waals surface area contributed by atoms with Gasteiger partial charge in [0.1, 0.15) is 11.4 Å². The van der Waals surface area contributed by atoms with E-state index in [2.05, 4.69) is 25.6 Å². The molecule has 2 rings (SSSR count). The quantitative estimate of drug-likeness (QED) is 0.614. The van der Waals surface area contributed by atoms with Crippen LogP contribution in [0.25, 0.3) is 0 Å². The zero-order chi connectivity index (χ0) is 10.2. The molecule has 1 atom stereocenters. The highest BCUT2D eigenvalue weighted by atomic mass is 16.5. The van der Waals surface area contributed by atoms with Crippen molar-refractivity contribution in [2.24, 2.45) is 0 Å². The number of rotatable bonds is 1. The molecule has 0 aliphatic carbocycles. The molecule has 0 fully saturated rings. The lowest BCUT2D eigenvalue weighted by Crippen LogP contribution is -2.37. The van der Waals surface area contributed by atoms with Crippen LogP contribution in [0.15, 0.2) is 36.4 Å². The normalized spacial score (nSPS) is 25.0. The maximum atomic E-state index is 5.98. The Morgan fingerprint density at radius 1 is 1.43 bits per heavy atom. The lowest BCUT2D eigenvalue weighted by Gasteiger charge is -2.36. The third-order valence-electron chi connectivity index (χ3n) is 3.08. The smallest absolute Gasteiger partial charge is 0.127 e. The molecule has 0 bridgehead atoms. The van der Waals surface area contributed by atoms with E-state index in [9.17, 15) is 0 Å². The van der Waals surface area contributed by atoms with E-state index in [0.717, 1.165) is 24.2 Å². The summed E-state index contributed by atoms with van der Waals surface area (Å²) >= 11 is 0. The Bertz CT molecular complexity index is 367. The lowest BCUT2D eigenvalue weighted by molar-refractivity contribution is 0.102. The van der Waals surface area contributed by atoms with Crippen LogP contribution in [0, 0.1) is 0 Å². The molecule has 74 valence electrons. The summed E-state index contributed by atoms with van der Waals surface area (Å²) in [7, 11) is 0. The van der Waals surface area contributed by atoms with Crippen LogP contribution in [0.2, 0.25) is 0 Å². The van der Waals surface area contributed by atoms with Gasteiger partial charge in [-0.1, -0.05) is 24.8 Å². The second kappa shape index (κ2) is 3.16. The maximum Gasteiger partial charge on any atom is 0.127 e. The van der Waals surface area contributed by atoms with Gasteiger partial charge < -0.3 is 4.74 Å². The first-order valence-corrected chi connectivity index (χ1v) is 5.05. The molecule has 0 N–H and O–H groups in total. The standard InChI is InChI=1S/C13H16O/c1-10(2)13(3)9-8-11-6-4-5-7-12(11)14-13/h4-7H,1,8-9H2,2-3H3/t13-/m0/s1. The molecule has 1 aromatic carbocycles. The van der Waals surface area contributed by atoms with Crippen molar-refractivity contribution >= 4 is 0 Å². The molecule has 0 radical (unpaired) electrons. The Balaban J connectivity index is 2.34. The molecule has 1 aliphatic heterocycles. The number of hydrogen-bond donors (Lipinski definition) is 0. The molecule has 1 aliphatic rings. The molecule has 1 aromatic rings. The zero-order valence-electron chi connectivity index (χ0n) is 8.84. The largest absolute Gasteiger partial charge is 0.483 e. The van der Waals surface area contributed by atoms with Crippen molar-refractivity contribution in [2.45, 2.75) is 32.3 Å². The van der Waals surface area contributed by atoms with Gasteiger partial charge in [-0.15, -0.1) is 0 Å². The predicted molar refractivity (Wildman–Crippen MR) is 58.6 cm³/mol. The Labute approximate surface area is 85.4 Å². The van der Waals surface area contributed by atoms with E-state index in [4.69, 9.17) is 4.74 Å². The van der Waals surface area contributed by atoms with E-state index in [1.54, 1.807) is 0 Å². The van der Waals surface area contributed by atoms with Crippen LogP contribution in [0.1, 0.15) is 25.8 Å². The first kappa shape index (κ1) is 9.32. The minimum atomic E-state index is -0.172. The van der Waals surface area contributed by atoms with E-state index < -0.39 is 0 Å². The van der Waals surface area contributed by atoms with Gasteiger partial charge in [0.2, 0.25) is 0 Å². The predicted octanol–water partition coefficient (Wildman–Crippen LogP) is 3.35. The van der Waals surface area contributed by atoms with E-state index in [0.29, 0.717) is 0 Å². The van der Waals surface area contributed by atoms with E-state index >= 15 is 0 Å². The first-order valence-electron chi connectivity index (χ1n) is 5.05. The molecule has 0 unspecified atom stereocenters. The van der Waals surface area contributed by atoms with Crippen LogP contribution in [0.5, 0.6) is 5.75 Å². The topological polar surface area (TPSA) is 9.23 Å². The van der Waals surface area contributed by atoms with Gasteiger partial charge in [0.25, 0.3) is 0 Å². The second-order valence-corrected chi connectivity index (χ2v) is 4.22. The van der Waals surface area contributed by atoms with Crippen molar-refractivity contribution in [1.29, 1.82) is 0 Å². The first-order chi connectivity index (χ1) is 6.62. The fraction of sp³-hybridized carbons (Fsp3) is 0.385. The van der Waals surface area contributed by atoms with Crippen LogP contribution >= 0.6 is 0 Å². The molecule has 1 nitrogen and oxygen atoms in total. The maximum absolute atomic E-state index is 5.98. The van der Waals surface area contributed by atoms with Gasteiger partial charge in [-0.3, -0.25) is 0 Å². The van der Waals surface area contributed by atoms with Crippen LogP contribution in [-0.2, 0) is 6.42 Å². The SMILES string of the molecule is C=C(C)[C@]1(C)CCc2ccccc2O1. The molecule has 14 heavy (non-hydrogen) atoms. The van der Waals surface area contributed by atoms with Crippen LogP contribution < -0.4 is 4.74 Å². The summed E-state index contributed by atoms with van der Waals surface area (Å²) in [5.74, 6) is 1.02. The molecule has 0 amide bonds. The summed E-state index contributed by atoms with van der Waals surface area (Å²) in [5, 5.41) is 0. The molecule has 0 saturated carbocycles. The fourth-order valence-electron chi connectivity index (χ4n) is 1.78. The number of aryl methyl sites for hydroxylation is 1. The summed E-state index contributed by atoms with van der Waals surface area (Å²) < 4.78 is 5.98. The van der Waals surface area contributed by atoms with Gasteiger partial charge in [-0.2, -0.15) is 0 Å². The average Bonchev–Trinajstić information content (AvgIpc) is 2.17. The highest BCUT2D eigenvalue weighted by Crippen LogP contribution is 2.36. The number of benzene rings is 1. The van der Waals surface area contributed by atoms with Crippen LogP contribution in [0.4, 0.5) is 0 Å². The summed E-state index contributed by atoms with van der Waals surface area (Å²) in [5.41, 5.74) is 2.24. The van der Waals surface area contributed by atoms with Crippen molar-refractivity contribution in [1.82, 2.24) is 0 Å². The summed E-state index contributed by atoms with van der Waals surface area (Å²) in [6.07, 6.45) is 2.11. The minimum Gasteiger partial charge on any atom is -0.483 e. The Kier molecular flexibility index (Phi) is 2.10. The monoisotopic (exact) mass is 188 g/mol. The average molecular weight is 188 g/mol. The third-order valence-corrected chi connectivity index (χ3v) is 3.08. The van der Waals surface area contributed by atoms with Gasteiger partial charge in [0.15, 0.2) is 0 Å². The minimum absolute atomic E-state index is 0.172. The van der Waals surface area contributed by atoms with Crippen LogP contribution in [-0.4, -0.2) is 5.60 Å². The molecular weight excluding hydrogens is 172 g/mol. The van der Waals surface area contributed by atoms with Crippen molar-refractivity contribution in [3.63, 3.8) is 0 Å². The molecule has 0 spiro atoms. The molecular formula is C13H16O. The van der Waals surface area contributed by atoms with Gasteiger partial charge >= 0.3 is 0 Å². The molecule has 1 heterocycles. The lowest BCUT2D eigenvalue weighted by atomic mass is 9.88. The Morgan fingerprint density at radius 2 is 2.14 bits per heavy atom. The summed E-state index contributed by atoms with van der Waals surface area (Å²) in [6, 6.07) is 8.25. The highest BCUT2D eigenvalue weighted by Gasteiger charge is 2.31. The van der Waals surface area contributed by atoms with Gasteiger partial charge in [0, 0.05) is 0 Å². The zero-order valence-corrected chi connectivity index (χ0v) is 8.84. The molecule has 1 heteroatoms. The number of ether oxygens (including phenoxy) is 1. The van der Waals surface area contributed by atoms with Gasteiger partial charge in [-0.25, -0.2) is 0 Å². The van der Waals surface area contributed by atoms with E-state index in [1.807, 2.05) is 19.1 Å². The summed E-state index contributed by atoms with van der Waals surface area (Å²) in [4.78, 5) is 0. The number of hydrogen-bond acceptors (Lipinski definition) is 1. The van der Waals surface area contributed by atoms with E-state index in [-0.39, 0.29) is 5.60 Å². The van der Waals surface area contributed by atoms with Crippen molar-refractivity contribution in [2.75, 3.05) is 0 Å². The Hall–Kier alpha value is -1.24. The highest BCUT2D eigenvalue weighted by molar-refractivity contribution is 5.37.